The van der Waals surface area contributed by atoms with Gasteiger partial charge >= 0.3 is 5.76 Å². The molecule has 2 rings (SSSR count). The summed E-state index contributed by atoms with van der Waals surface area (Å²) in [6.07, 6.45) is -0.716. The van der Waals surface area contributed by atoms with Gasteiger partial charge in [-0.25, -0.2) is 4.79 Å². The molecule has 0 amide bonds. The van der Waals surface area contributed by atoms with Gasteiger partial charge in [0.15, 0.2) is 0 Å². The summed E-state index contributed by atoms with van der Waals surface area (Å²) in [5.74, 6) is -0.380. The van der Waals surface area contributed by atoms with Crippen molar-refractivity contribution in [3.63, 3.8) is 0 Å². The third-order valence-corrected chi connectivity index (χ3v) is 3.12. The molecule has 0 aliphatic carbocycles. The second-order valence-corrected chi connectivity index (χ2v) is 5.21. The molecule has 0 spiro atoms. The van der Waals surface area contributed by atoms with Crippen molar-refractivity contribution in [3.8, 4) is 0 Å². The molecule has 1 unspecified atom stereocenters. The minimum absolute atomic E-state index is 0.0885. The highest BCUT2D eigenvalue weighted by Gasteiger charge is 2.14. The zero-order chi connectivity index (χ0) is 15.9. The van der Waals surface area contributed by atoms with Crippen molar-refractivity contribution in [2.45, 2.75) is 25.8 Å². The average molecular weight is 307 g/mol. The van der Waals surface area contributed by atoms with E-state index in [2.05, 4.69) is 5.10 Å². The van der Waals surface area contributed by atoms with Crippen LogP contribution in [0.4, 0.5) is 0 Å². The molecule has 120 valence electrons. The molecule has 1 atom stereocenters. The summed E-state index contributed by atoms with van der Waals surface area (Å²) in [5.41, 5.74) is 1.16. The molecule has 0 saturated carbocycles. The number of hydrogen-bond acceptors (Lipinski definition) is 6. The van der Waals surface area contributed by atoms with Gasteiger partial charge in [0.2, 0.25) is 5.89 Å². The van der Waals surface area contributed by atoms with Crippen molar-refractivity contribution >= 4 is 0 Å². The molecule has 7 nitrogen and oxygen atoms in total. The molecule has 0 aliphatic heterocycles. The van der Waals surface area contributed by atoms with Crippen molar-refractivity contribution in [1.29, 1.82) is 0 Å². The summed E-state index contributed by atoms with van der Waals surface area (Å²) in [7, 11) is 3.41. The lowest BCUT2D eigenvalue weighted by molar-refractivity contribution is 0.102. The van der Waals surface area contributed by atoms with Gasteiger partial charge in [0.05, 0.1) is 12.6 Å². The van der Waals surface area contributed by atoms with Gasteiger partial charge in [0.25, 0.3) is 0 Å². The predicted octanol–water partition coefficient (Wildman–Crippen LogP) is 0.476. The lowest BCUT2D eigenvalue weighted by Crippen LogP contribution is -2.34. The Morgan fingerprint density at radius 2 is 2.14 bits per heavy atom. The first-order chi connectivity index (χ1) is 10.6. The van der Waals surface area contributed by atoms with E-state index in [1.807, 2.05) is 42.3 Å². The number of likely N-dealkylation sites (N-methyl/N-ethyl adjacent to an activating group) is 1. The molecule has 2 aromatic rings. The van der Waals surface area contributed by atoms with Crippen LogP contribution in [0.1, 0.15) is 11.5 Å². The molecule has 1 N–H and O–H groups in total. The third-order valence-electron chi connectivity index (χ3n) is 3.12. The molecule has 0 radical (unpaired) electrons. The van der Waals surface area contributed by atoms with Crippen molar-refractivity contribution in [1.82, 2.24) is 14.7 Å². The van der Waals surface area contributed by atoms with Crippen LogP contribution in [0.15, 0.2) is 39.5 Å². The number of aliphatic hydroxyl groups excluding tert-OH is 1. The summed E-state index contributed by atoms with van der Waals surface area (Å²) in [5, 5.41) is 14.1. The summed E-state index contributed by atoms with van der Waals surface area (Å²) < 4.78 is 10.9. The maximum absolute atomic E-state index is 11.6. The first kappa shape index (κ1) is 16.4. The fourth-order valence-corrected chi connectivity index (χ4v) is 2.22. The predicted molar refractivity (Wildman–Crippen MR) is 80.3 cm³/mol. The van der Waals surface area contributed by atoms with E-state index in [0.29, 0.717) is 6.54 Å². The Morgan fingerprint density at radius 1 is 1.41 bits per heavy atom. The lowest BCUT2D eigenvalue weighted by Gasteiger charge is -2.20. The molecule has 1 aromatic heterocycles. The van der Waals surface area contributed by atoms with Gasteiger partial charge in [0.1, 0.15) is 6.61 Å². The van der Waals surface area contributed by atoms with E-state index in [-0.39, 0.29) is 19.0 Å². The monoisotopic (exact) mass is 307 g/mol. The quantitative estimate of drug-likeness (QED) is 0.764. The topological polar surface area (TPSA) is 80.7 Å². The number of rotatable bonds is 8. The van der Waals surface area contributed by atoms with E-state index >= 15 is 0 Å². The molecule has 7 heteroatoms. The van der Waals surface area contributed by atoms with Crippen LogP contribution in [-0.4, -0.2) is 46.6 Å². The summed E-state index contributed by atoms with van der Waals surface area (Å²) >= 11 is 0. The Bertz CT molecular complexity index is 623. The minimum Gasteiger partial charge on any atom is -0.390 e. The van der Waals surface area contributed by atoms with Crippen LogP contribution in [0.2, 0.25) is 0 Å². The van der Waals surface area contributed by atoms with E-state index in [1.54, 1.807) is 0 Å². The first-order valence-electron chi connectivity index (χ1n) is 7.04. The van der Waals surface area contributed by atoms with Gasteiger partial charge in [0, 0.05) is 20.2 Å². The second-order valence-electron chi connectivity index (χ2n) is 5.21. The number of methoxy groups -OCH3 is 1. The largest absolute Gasteiger partial charge is 0.437 e. The fourth-order valence-electron chi connectivity index (χ4n) is 2.22. The summed E-state index contributed by atoms with van der Waals surface area (Å²) in [6.45, 7) is 1.37. The van der Waals surface area contributed by atoms with Gasteiger partial charge in [-0.1, -0.05) is 30.3 Å². The van der Waals surface area contributed by atoms with Gasteiger partial charge < -0.3 is 14.3 Å². The van der Waals surface area contributed by atoms with Crippen LogP contribution in [0.3, 0.4) is 0 Å². The molecule has 0 aliphatic rings. The Labute approximate surface area is 128 Å². The highest BCUT2D eigenvalue weighted by atomic mass is 16.5. The standard InChI is InChI=1S/C15H21N3O4/c1-17(8-12-6-4-3-5-7-12)9-13(19)10-18-15(20)22-14(16-18)11-21-2/h3-7,13,19H,8-11H2,1-2H3. The zero-order valence-corrected chi connectivity index (χ0v) is 12.8. The highest BCUT2D eigenvalue weighted by molar-refractivity contribution is 5.14. The third kappa shape index (κ3) is 4.80. The van der Waals surface area contributed by atoms with Crippen LogP contribution in [0, 0.1) is 0 Å². The lowest BCUT2D eigenvalue weighted by atomic mass is 10.2. The van der Waals surface area contributed by atoms with Crippen molar-refractivity contribution in [2.24, 2.45) is 0 Å². The zero-order valence-electron chi connectivity index (χ0n) is 12.8. The maximum Gasteiger partial charge on any atom is 0.437 e. The Balaban J connectivity index is 1.87. The number of aliphatic hydroxyl groups is 1. The SMILES string of the molecule is COCc1nn(CC(O)CN(C)Cc2ccccc2)c(=O)o1. The Hall–Kier alpha value is -1.96. The summed E-state index contributed by atoms with van der Waals surface area (Å²) in [6, 6.07) is 9.98. The van der Waals surface area contributed by atoms with Gasteiger partial charge in [-0.3, -0.25) is 4.90 Å². The number of nitrogens with zero attached hydrogens (tertiary/aromatic N) is 3. The number of ether oxygens (including phenoxy) is 1. The average Bonchev–Trinajstić information content (AvgIpc) is 2.80. The van der Waals surface area contributed by atoms with Gasteiger partial charge in [-0.15, -0.1) is 5.10 Å². The normalized spacial score (nSPS) is 12.7. The van der Waals surface area contributed by atoms with E-state index in [0.717, 1.165) is 16.8 Å². The molecule has 22 heavy (non-hydrogen) atoms. The van der Waals surface area contributed by atoms with Gasteiger partial charge in [-0.2, -0.15) is 4.68 Å². The van der Waals surface area contributed by atoms with Crippen LogP contribution >= 0.6 is 0 Å². The van der Waals surface area contributed by atoms with Crippen molar-refractivity contribution < 1.29 is 14.3 Å². The first-order valence-corrected chi connectivity index (χ1v) is 7.04. The highest BCUT2D eigenvalue weighted by Crippen LogP contribution is 2.04. The van der Waals surface area contributed by atoms with Crippen LogP contribution < -0.4 is 5.76 Å². The van der Waals surface area contributed by atoms with Gasteiger partial charge in [-0.05, 0) is 12.6 Å². The molecule has 0 bridgehead atoms. The smallest absolute Gasteiger partial charge is 0.390 e. The molecular formula is C15H21N3O4. The molecule has 1 heterocycles. The van der Waals surface area contributed by atoms with Crippen molar-refractivity contribution in [2.75, 3.05) is 20.7 Å². The van der Waals surface area contributed by atoms with E-state index in [9.17, 15) is 9.90 Å². The second kappa shape index (κ2) is 7.88. The minimum atomic E-state index is -0.716. The van der Waals surface area contributed by atoms with E-state index in [1.165, 1.54) is 7.11 Å². The molecular weight excluding hydrogens is 286 g/mol. The maximum atomic E-state index is 11.6. The molecule has 0 fully saturated rings. The summed E-state index contributed by atoms with van der Waals surface area (Å²) in [4.78, 5) is 13.6. The fraction of sp³-hybridized carbons (Fsp3) is 0.467. The van der Waals surface area contributed by atoms with Crippen LogP contribution in [-0.2, 0) is 24.4 Å². The van der Waals surface area contributed by atoms with Crippen LogP contribution in [0.25, 0.3) is 0 Å². The van der Waals surface area contributed by atoms with E-state index < -0.39 is 11.9 Å². The molecule has 0 saturated heterocycles. The Morgan fingerprint density at radius 3 is 2.82 bits per heavy atom. The molecule has 1 aromatic carbocycles. The Kier molecular flexibility index (Phi) is 5.88. The van der Waals surface area contributed by atoms with Crippen molar-refractivity contribution in [3.05, 3.63) is 52.3 Å². The van der Waals surface area contributed by atoms with E-state index in [4.69, 9.17) is 9.15 Å². The number of aromatic nitrogens is 2. The number of benzene rings is 1. The van der Waals surface area contributed by atoms with Crippen LogP contribution in [0.5, 0.6) is 0 Å². The number of hydrogen-bond donors (Lipinski definition) is 1.